The number of carboxylic acid groups (broad SMARTS) is 1. The molecule has 1 saturated heterocycles. The fraction of sp³-hybridized carbons (Fsp3) is 0.348. The number of aliphatic carboxylic acids is 1. The van der Waals surface area contributed by atoms with Crippen LogP contribution in [0.25, 0.3) is 5.57 Å². The zero-order chi connectivity index (χ0) is 18.8. The quantitative estimate of drug-likeness (QED) is 0.788. The van der Waals surface area contributed by atoms with Gasteiger partial charge in [-0.25, -0.2) is 0 Å². The number of rotatable bonds is 6. The van der Waals surface area contributed by atoms with Gasteiger partial charge in [-0.2, -0.15) is 0 Å². The van der Waals surface area contributed by atoms with Gasteiger partial charge in [0, 0.05) is 6.54 Å². The van der Waals surface area contributed by atoms with Crippen molar-refractivity contribution in [2.24, 2.45) is 0 Å². The largest absolute Gasteiger partial charge is 0.480 e. The Balaban J connectivity index is 0.00000117. The van der Waals surface area contributed by atoms with Crippen LogP contribution in [0.5, 0.6) is 0 Å². The zero-order valence-electron chi connectivity index (χ0n) is 15.8. The van der Waals surface area contributed by atoms with E-state index < -0.39 is 5.97 Å². The first-order valence-corrected chi connectivity index (χ1v) is 9.53. The Kier molecular flexibility index (Phi) is 8.10. The molecule has 0 aliphatic carbocycles. The third-order valence-corrected chi connectivity index (χ3v) is 4.58. The van der Waals surface area contributed by atoms with Crippen LogP contribution in [-0.4, -0.2) is 35.1 Å². The van der Waals surface area contributed by atoms with Gasteiger partial charge in [-0.1, -0.05) is 80.6 Å². The first-order valence-electron chi connectivity index (χ1n) is 9.53. The summed E-state index contributed by atoms with van der Waals surface area (Å²) in [7, 11) is 0. The molecule has 0 bridgehead atoms. The van der Waals surface area contributed by atoms with E-state index in [-0.39, 0.29) is 6.04 Å². The fourth-order valence-electron chi connectivity index (χ4n) is 3.39. The molecule has 1 fully saturated rings. The van der Waals surface area contributed by atoms with Crippen LogP contribution in [0.2, 0.25) is 0 Å². The highest BCUT2D eigenvalue weighted by Crippen LogP contribution is 2.24. The van der Waals surface area contributed by atoms with Crippen LogP contribution in [0.3, 0.4) is 0 Å². The molecule has 0 amide bonds. The Bertz CT molecular complexity index is 653. The highest BCUT2D eigenvalue weighted by atomic mass is 16.4. The topological polar surface area (TPSA) is 40.5 Å². The number of hydrogen-bond donors (Lipinski definition) is 1. The lowest BCUT2D eigenvalue weighted by Crippen LogP contribution is -2.36. The predicted molar refractivity (Wildman–Crippen MR) is 108 cm³/mol. The summed E-state index contributed by atoms with van der Waals surface area (Å²) >= 11 is 0. The van der Waals surface area contributed by atoms with E-state index >= 15 is 0 Å². The second-order valence-electron chi connectivity index (χ2n) is 6.17. The van der Waals surface area contributed by atoms with Crippen molar-refractivity contribution >= 4 is 11.5 Å². The summed E-state index contributed by atoms with van der Waals surface area (Å²) in [5.41, 5.74) is 3.60. The summed E-state index contributed by atoms with van der Waals surface area (Å²) in [6.45, 7) is 5.68. The molecule has 3 rings (SSSR count). The van der Waals surface area contributed by atoms with Crippen LogP contribution in [-0.2, 0) is 4.79 Å². The Labute approximate surface area is 157 Å². The average molecular weight is 351 g/mol. The molecular formula is C23H29NO2. The van der Waals surface area contributed by atoms with Crippen LogP contribution >= 0.6 is 0 Å². The van der Waals surface area contributed by atoms with Crippen LogP contribution in [0, 0.1) is 0 Å². The van der Waals surface area contributed by atoms with E-state index in [2.05, 4.69) is 35.2 Å². The maximum absolute atomic E-state index is 11.3. The second-order valence-corrected chi connectivity index (χ2v) is 6.17. The summed E-state index contributed by atoms with van der Waals surface area (Å²) in [5, 5.41) is 9.29. The lowest BCUT2D eigenvalue weighted by molar-refractivity contribution is -0.142. The normalized spacial score (nSPS) is 16.5. The van der Waals surface area contributed by atoms with Crippen molar-refractivity contribution in [2.45, 2.75) is 39.2 Å². The van der Waals surface area contributed by atoms with E-state index in [4.69, 9.17) is 0 Å². The number of likely N-dealkylation sites (tertiary alicyclic amines) is 1. The standard InChI is InChI=1S/C21H23NO2.C2H6/c23-21(24)20-14-8-16-22(20)15-7-13-19(17-9-3-1-4-10-17)18-11-5-2-6-12-18;1-2/h1-6,9-13,20H,7-8,14-16H2,(H,23,24);1-2H3/t20-;/m0./s1. The van der Waals surface area contributed by atoms with Gasteiger partial charge in [-0.15, -0.1) is 0 Å². The first-order chi connectivity index (χ1) is 12.8. The van der Waals surface area contributed by atoms with Crippen molar-refractivity contribution in [1.82, 2.24) is 4.90 Å². The van der Waals surface area contributed by atoms with Crippen molar-refractivity contribution in [3.05, 3.63) is 77.9 Å². The molecule has 138 valence electrons. The van der Waals surface area contributed by atoms with Crippen LogP contribution in [0.1, 0.15) is 44.2 Å². The SMILES string of the molecule is CC.O=C(O)[C@@H]1CCCN1CCC=C(c1ccccc1)c1ccccc1. The van der Waals surface area contributed by atoms with Crippen molar-refractivity contribution in [3.63, 3.8) is 0 Å². The van der Waals surface area contributed by atoms with E-state index in [0.29, 0.717) is 0 Å². The maximum Gasteiger partial charge on any atom is 0.320 e. The lowest BCUT2D eigenvalue weighted by Gasteiger charge is -2.20. The molecule has 0 spiro atoms. The van der Waals surface area contributed by atoms with Crippen molar-refractivity contribution in [3.8, 4) is 0 Å². The van der Waals surface area contributed by atoms with Gasteiger partial charge in [0.25, 0.3) is 0 Å². The molecule has 1 heterocycles. The predicted octanol–water partition coefficient (Wildman–Crippen LogP) is 5.08. The number of nitrogens with zero attached hydrogens (tertiary/aromatic N) is 1. The summed E-state index contributed by atoms with van der Waals surface area (Å²) in [6.07, 6.45) is 4.83. The highest BCUT2D eigenvalue weighted by Gasteiger charge is 2.29. The van der Waals surface area contributed by atoms with Gasteiger partial charge in [0.2, 0.25) is 0 Å². The van der Waals surface area contributed by atoms with Crippen molar-refractivity contribution < 1.29 is 9.90 Å². The van der Waals surface area contributed by atoms with Gasteiger partial charge in [-0.05, 0) is 42.5 Å². The minimum Gasteiger partial charge on any atom is -0.480 e. The first kappa shape index (κ1) is 19.9. The van der Waals surface area contributed by atoms with Crippen molar-refractivity contribution in [1.29, 1.82) is 0 Å². The minimum atomic E-state index is -0.692. The number of hydrogen-bond acceptors (Lipinski definition) is 2. The average Bonchev–Trinajstić information content (AvgIpc) is 3.17. The third kappa shape index (κ3) is 5.30. The number of benzene rings is 2. The maximum atomic E-state index is 11.3. The van der Waals surface area contributed by atoms with Gasteiger partial charge in [0.15, 0.2) is 0 Å². The molecule has 3 nitrogen and oxygen atoms in total. The molecule has 2 aromatic rings. The second kappa shape index (κ2) is 10.6. The summed E-state index contributed by atoms with van der Waals surface area (Å²) in [4.78, 5) is 13.4. The lowest BCUT2D eigenvalue weighted by atomic mass is 9.97. The third-order valence-electron chi connectivity index (χ3n) is 4.58. The molecule has 3 heteroatoms. The smallest absolute Gasteiger partial charge is 0.320 e. The molecule has 0 aromatic heterocycles. The Morgan fingerprint density at radius 1 is 1.04 bits per heavy atom. The fourth-order valence-corrected chi connectivity index (χ4v) is 3.39. The molecule has 1 N–H and O–H groups in total. The van der Waals surface area contributed by atoms with Crippen molar-refractivity contribution in [2.75, 3.05) is 13.1 Å². The van der Waals surface area contributed by atoms with E-state index in [1.807, 2.05) is 50.2 Å². The van der Waals surface area contributed by atoms with Gasteiger partial charge in [0.1, 0.15) is 6.04 Å². The van der Waals surface area contributed by atoms with Crippen LogP contribution in [0.4, 0.5) is 0 Å². The zero-order valence-corrected chi connectivity index (χ0v) is 15.8. The Hall–Kier alpha value is -2.39. The molecule has 0 saturated carbocycles. The Morgan fingerprint density at radius 2 is 1.58 bits per heavy atom. The highest BCUT2D eigenvalue weighted by molar-refractivity contribution is 5.79. The molecule has 0 unspecified atom stereocenters. The van der Waals surface area contributed by atoms with Gasteiger partial charge >= 0.3 is 5.97 Å². The summed E-state index contributed by atoms with van der Waals surface area (Å²) in [6, 6.07) is 20.4. The molecule has 1 aliphatic heterocycles. The monoisotopic (exact) mass is 351 g/mol. The van der Waals surface area contributed by atoms with E-state index in [1.165, 1.54) is 16.7 Å². The minimum absolute atomic E-state index is 0.310. The van der Waals surface area contributed by atoms with Gasteiger partial charge < -0.3 is 5.11 Å². The summed E-state index contributed by atoms with van der Waals surface area (Å²) < 4.78 is 0. The number of carboxylic acids is 1. The number of carbonyl (C=O) groups is 1. The Morgan fingerprint density at radius 3 is 2.08 bits per heavy atom. The molecule has 2 aromatic carbocycles. The molecule has 26 heavy (non-hydrogen) atoms. The van der Waals surface area contributed by atoms with Crippen LogP contribution < -0.4 is 0 Å². The summed E-state index contributed by atoms with van der Waals surface area (Å²) in [5.74, 6) is -0.692. The van der Waals surface area contributed by atoms with E-state index in [0.717, 1.165) is 32.4 Å². The van der Waals surface area contributed by atoms with Gasteiger partial charge in [-0.3, -0.25) is 9.69 Å². The molecule has 1 atom stereocenters. The van der Waals surface area contributed by atoms with E-state index in [1.54, 1.807) is 0 Å². The molecule has 0 radical (unpaired) electrons. The van der Waals surface area contributed by atoms with Gasteiger partial charge in [0.05, 0.1) is 0 Å². The molecular weight excluding hydrogens is 322 g/mol. The van der Waals surface area contributed by atoms with Crippen LogP contribution in [0.15, 0.2) is 66.7 Å². The van der Waals surface area contributed by atoms with E-state index in [9.17, 15) is 9.90 Å². The molecule has 1 aliphatic rings.